The Morgan fingerprint density at radius 3 is 2.87 bits per heavy atom. The van der Waals surface area contributed by atoms with Crippen LogP contribution in [0.3, 0.4) is 0 Å². The second kappa shape index (κ2) is 6.91. The largest absolute Gasteiger partial charge is 0.369 e. The molecule has 3 aromatic heterocycles. The summed E-state index contributed by atoms with van der Waals surface area (Å²) in [6, 6.07) is 7.68. The van der Waals surface area contributed by atoms with E-state index < -0.39 is 5.82 Å². The lowest BCUT2D eigenvalue weighted by Gasteiger charge is -2.33. The number of aromatic nitrogens is 4. The molecule has 154 valence electrons. The number of anilines is 1. The molecule has 0 amide bonds. The van der Waals surface area contributed by atoms with Gasteiger partial charge in [0.2, 0.25) is 0 Å². The first-order valence-corrected chi connectivity index (χ1v) is 10.1. The number of imidazole rings is 1. The lowest BCUT2D eigenvalue weighted by Crippen LogP contribution is -2.49. The molecule has 1 atom stereocenters. The normalized spacial score (nSPS) is 17.2. The van der Waals surface area contributed by atoms with Gasteiger partial charge in [-0.15, -0.1) is 0 Å². The quantitative estimate of drug-likeness (QED) is 0.554. The van der Waals surface area contributed by atoms with Gasteiger partial charge in [-0.3, -0.25) is 4.79 Å². The lowest BCUT2D eigenvalue weighted by atomic mass is 10.1. The molecule has 1 saturated heterocycles. The number of benzene rings is 1. The van der Waals surface area contributed by atoms with Crippen molar-refractivity contribution >= 4 is 28.1 Å². The van der Waals surface area contributed by atoms with Crippen molar-refractivity contribution in [2.45, 2.75) is 26.8 Å². The average molecular weight is 406 g/mol. The van der Waals surface area contributed by atoms with E-state index in [0.29, 0.717) is 17.3 Å². The Hall–Kier alpha value is -3.26. The SMILES string of the molecule is Cc1cn2cc(C(=O)n3nc(C)c4cc(N5CCNC(C)C5)ccc43)cc(F)c2n1. The molecule has 1 aliphatic rings. The van der Waals surface area contributed by atoms with Crippen LogP contribution in [0.25, 0.3) is 16.6 Å². The van der Waals surface area contributed by atoms with E-state index >= 15 is 0 Å². The number of rotatable bonds is 2. The van der Waals surface area contributed by atoms with Gasteiger partial charge in [-0.25, -0.2) is 9.37 Å². The highest BCUT2D eigenvalue weighted by Crippen LogP contribution is 2.26. The molecule has 7 nitrogen and oxygen atoms in total. The molecule has 0 aliphatic carbocycles. The Morgan fingerprint density at radius 2 is 2.07 bits per heavy atom. The molecule has 30 heavy (non-hydrogen) atoms. The van der Waals surface area contributed by atoms with Gasteiger partial charge in [0.25, 0.3) is 5.91 Å². The maximum Gasteiger partial charge on any atom is 0.280 e. The van der Waals surface area contributed by atoms with E-state index in [0.717, 1.165) is 36.4 Å². The molecule has 1 aromatic carbocycles. The minimum Gasteiger partial charge on any atom is -0.369 e. The third-order valence-corrected chi connectivity index (χ3v) is 5.65. The number of aryl methyl sites for hydroxylation is 2. The molecule has 0 saturated carbocycles. The number of pyridine rings is 1. The number of hydrogen-bond donors (Lipinski definition) is 1. The monoisotopic (exact) mass is 406 g/mol. The Balaban J connectivity index is 1.55. The first-order valence-electron chi connectivity index (χ1n) is 10.1. The van der Waals surface area contributed by atoms with Crippen molar-refractivity contribution in [1.82, 2.24) is 24.5 Å². The Bertz CT molecular complexity index is 1290. The number of fused-ring (bicyclic) bond motifs is 2. The molecule has 1 fully saturated rings. The van der Waals surface area contributed by atoms with Gasteiger partial charge >= 0.3 is 0 Å². The summed E-state index contributed by atoms with van der Waals surface area (Å²) in [7, 11) is 0. The van der Waals surface area contributed by atoms with Gasteiger partial charge < -0.3 is 14.6 Å². The van der Waals surface area contributed by atoms with Crippen LogP contribution in [-0.4, -0.2) is 50.7 Å². The molecule has 1 aliphatic heterocycles. The number of piperazine rings is 1. The topological polar surface area (TPSA) is 67.5 Å². The Kier molecular flexibility index (Phi) is 4.32. The second-order valence-corrected chi connectivity index (χ2v) is 7.99. The van der Waals surface area contributed by atoms with Gasteiger partial charge in [-0.2, -0.15) is 9.78 Å². The van der Waals surface area contributed by atoms with Crippen LogP contribution in [0.2, 0.25) is 0 Å². The van der Waals surface area contributed by atoms with Crippen LogP contribution >= 0.6 is 0 Å². The van der Waals surface area contributed by atoms with Gasteiger partial charge in [0.1, 0.15) is 0 Å². The summed E-state index contributed by atoms with van der Waals surface area (Å²) in [6.45, 7) is 8.66. The highest BCUT2D eigenvalue weighted by Gasteiger charge is 2.21. The third-order valence-electron chi connectivity index (χ3n) is 5.65. The maximum atomic E-state index is 14.5. The lowest BCUT2D eigenvalue weighted by molar-refractivity contribution is 0.0949. The fraction of sp³-hybridized carbons (Fsp3) is 0.318. The molecular weight excluding hydrogens is 383 g/mol. The van der Waals surface area contributed by atoms with Crippen LogP contribution in [0, 0.1) is 19.7 Å². The summed E-state index contributed by atoms with van der Waals surface area (Å²) in [5.74, 6) is -0.902. The molecular formula is C22H23FN6O. The van der Waals surface area contributed by atoms with E-state index in [9.17, 15) is 9.18 Å². The van der Waals surface area contributed by atoms with Crippen LogP contribution in [0.1, 0.15) is 28.7 Å². The number of hydrogen-bond acceptors (Lipinski definition) is 5. The fourth-order valence-corrected chi connectivity index (χ4v) is 4.19. The predicted molar refractivity (Wildman–Crippen MR) is 114 cm³/mol. The summed E-state index contributed by atoms with van der Waals surface area (Å²) in [6.07, 6.45) is 3.29. The van der Waals surface area contributed by atoms with Crippen LogP contribution in [0.5, 0.6) is 0 Å². The number of nitrogens with one attached hydrogen (secondary N) is 1. The van der Waals surface area contributed by atoms with E-state index in [4.69, 9.17) is 0 Å². The smallest absolute Gasteiger partial charge is 0.280 e. The van der Waals surface area contributed by atoms with Crippen LogP contribution in [-0.2, 0) is 0 Å². The van der Waals surface area contributed by atoms with Gasteiger partial charge in [0.05, 0.1) is 22.5 Å². The van der Waals surface area contributed by atoms with E-state index in [-0.39, 0.29) is 17.1 Å². The van der Waals surface area contributed by atoms with Crippen molar-refractivity contribution in [3.05, 3.63) is 59.4 Å². The zero-order valence-electron chi connectivity index (χ0n) is 17.2. The second-order valence-electron chi connectivity index (χ2n) is 7.99. The highest BCUT2D eigenvalue weighted by molar-refractivity contribution is 6.02. The number of carbonyl (C=O) groups excluding carboxylic acids is 1. The fourth-order valence-electron chi connectivity index (χ4n) is 4.19. The molecule has 5 rings (SSSR count). The Morgan fingerprint density at radius 1 is 1.23 bits per heavy atom. The Labute approximate surface area is 173 Å². The van der Waals surface area contributed by atoms with Gasteiger partial charge in [0, 0.05) is 49.1 Å². The van der Waals surface area contributed by atoms with E-state index in [1.807, 2.05) is 19.1 Å². The van der Waals surface area contributed by atoms with E-state index in [1.54, 1.807) is 23.7 Å². The van der Waals surface area contributed by atoms with E-state index in [2.05, 4.69) is 33.3 Å². The van der Waals surface area contributed by atoms with Gasteiger partial charge in [0.15, 0.2) is 11.5 Å². The zero-order valence-corrected chi connectivity index (χ0v) is 17.2. The molecule has 0 radical (unpaired) electrons. The minimum absolute atomic E-state index is 0.209. The van der Waals surface area contributed by atoms with Gasteiger partial charge in [-0.05, 0) is 45.0 Å². The molecule has 1 unspecified atom stereocenters. The van der Waals surface area contributed by atoms with Crippen LogP contribution in [0.15, 0.2) is 36.7 Å². The summed E-state index contributed by atoms with van der Waals surface area (Å²) >= 11 is 0. The third kappa shape index (κ3) is 3.04. The summed E-state index contributed by atoms with van der Waals surface area (Å²) in [5, 5.41) is 8.84. The molecule has 4 heterocycles. The van der Waals surface area contributed by atoms with Crippen molar-refractivity contribution in [3.63, 3.8) is 0 Å². The number of halogens is 1. The molecule has 4 aromatic rings. The first kappa shape index (κ1) is 18.7. The van der Waals surface area contributed by atoms with E-state index in [1.165, 1.54) is 10.7 Å². The summed E-state index contributed by atoms with van der Waals surface area (Å²) in [4.78, 5) is 19.7. The summed E-state index contributed by atoms with van der Waals surface area (Å²) in [5.41, 5.74) is 3.72. The predicted octanol–water partition coefficient (Wildman–Crippen LogP) is 2.93. The van der Waals surface area contributed by atoms with Crippen molar-refractivity contribution < 1.29 is 9.18 Å². The highest BCUT2D eigenvalue weighted by atomic mass is 19.1. The molecule has 0 spiro atoms. The van der Waals surface area contributed by atoms with Crippen molar-refractivity contribution in [2.75, 3.05) is 24.5 Å². The molecule has 0 bridgehead atoms. The van der Waals surface area contributed by atoms with Crippen molar-refractivity contribution in [2.24, 2.45) is 0 Å². The van der Waals surface area contributed by atoms with Gasteiger partial charge in [-0.1, -0.05) is 0 Å². The maximum absolute atomic E-state index is 14.5. The first-order chi connectivity index (χ1) is 14.4. The minimum atomic E-state index is -0.530. The number of nitrogens with zero attached hydrogens (tertiary/aromatic N) is 5. The summed E-state index contributed by atoms with van der Waals surface area (Å²) < 4.78 is 17.4. The zero-order chi connectivity index (χ0) is 21.0. The standard InChI is InChI=1S/C22H23FN6O/c1-13-10-27(7-6-24-13)17-4-5-20-18(9-17)15(3)26-29(20)22(30)16-8-19(23)21-25-14(2)11-28(21)12-16/h4-5,8-9,11-13,24H,6-7,10H2,1-3H3. The van der Waals surface area contributed by atoms with Crippen molar-refractivity contribution in [1.29, 1.82) is 0 Å². The molecule has 1 N–H and O–H groups in total. The molecule has 8 heteroatoms. The number of carbonyl (C=O) groups is 1. The van der Waals surface area contributed by atoms with Crippen LogP contribution < -0.4 is 10.2 Å². The van der Waals surface area contributed by atoms with Crippen LogP contribution in [0.4, 0.5) is 10.1 Å². The van der Waals surface area contributed by atoms with Crippen molar-refractivity contribution in [3.8, 4) is 0 Å². The average Bonchev–Trinajstić information content (AvgIpc) is 3.27.